The van der Waals surface area contributed by atoms with Gasteiger partial charge in [-0.05, 0) is 30.0 Å². The van der Waals surface area contributed by atoms with Gasteiger partial charge in [0, 0.05) is 4.47 Å². The van der Waals surface area contributed by atoms with E-state index in [1.54, 1.807) is 0 Å². The van der Waals surface area contributed by atoms with E-state index in [1.165, 1.54) is 12.7 Å². The van der Waals surface area contributed by atoms with Crippen molar-refractivity contribution in [3.05, 3.63) is 70.2 Å². The van der Waals surface area contributed by atoms with E-state index >= 15 is 0 Å². The predicted molar refractivity (Wildman–Crippen MR) is 87.2 cm³/mol. The summed E-state index contributed by atoms with van der Waals surface area (Å²) in [5.74, 6) is 0. The Balaban J connectivity index is 2.09. The largest absolute Gasteiger partial charge is 0.453 e. The van der Waals surface area contributed by atoms with Crippen molar-refractivity contribution in [2.45, 2.75) is 18.9 Å². The molecule has 4 heteroatoms. The van der Waals surface area contributed by atoms with Gasteiger partial charge in [-0.1, -0.05) is 64.5 Å². The number of halogens is 1. The lowest BCUT2D eigenvalue weighted by atomic mass is 9.99. The number of nitrogens with one attached hydrogen (secondary N) is 1. The van der Waals surface area contributed by atoms with E-state index in [-0.39, 0.29) is 6.04 Å². The van der Waals surface area contributed by atoms with Gasteiger partial charge in [0.15, 0.2) is 0 Å². The second-order valence-corrected chi connectivity index (χ2v) is 5.58. The van der Waals surface area contributed by atoms with Crippen LogP contribution in [0, 0.1) is 0 Å². The first kappa shape index (κ1) is 15.6. The summed E-state index contributed by atoms with van der Waals surface area (Å²) in [6, 6.07) is 18.0. The van der Waals surface area contributed by atoms with Crippen molar-refractivity contribution >= 4 is 22.0 Å². The molecule has 0 aromatic heterocycles. The summed E-state index contributed by atoms with van der Waals surface area (Å²) < 4.78 is 5.81. The average Bonchev–Trinajstić information content (AvgIpc) is 2.53. The number of hydrogen-bond donors (Lipinski definition) is 1. The van der Waals surface area contributed by atoms with Crippen molar-refractivity contribution in [3.63, 3.8) is 0 Å². The minimum Gasteiger partial charge on any atom is -0.453 e. The highest BCUT2D eigenvalue weighted by Crippen LogP contribution is 2.23. The fourth-order valence-corrected chi connectivity index (χ4v) is 2.69. The maximum atomic E-state index is 11.5. The summed E-state index contributed by atoms with van der Waals surface area (Å²) in [6.45, 7) is 0. The number of aryl methyl sites for hydroxylation is 1. The Hall–Kier alpha value is -1.81. The molecule has 0 bridgehead atoms. The van der Waals surface area contributed by atoms with Crippen LogP contribution in [0.1, 0.15) is 23.6 Å². The molecule has 3 nitrogen and oxygen atoms in total. The zero-order chi connectivity index (χ0) is 15.1. The highest BCUT2D eigenvalue weighted by atomic mass is 79.9. The fraction of sp³-hybridized carbons (Fsp3) is 0.235. The van der Waals surface area contributed by atoms with Crippen molar-refractivity contribution in [2.75, 3.05) is 7.11 Å². The monoisotopic (exact) mass is 347 g/mol. The molecule has 2 rings (SSSR count). The molecule has 1 atom stereocenters. The SMILES string of the molecule is COC(=O)N[C@H](CCc1ccccc1Br)c1ccccc1. The zero-order valence-corrected chi connectivity index (χ0v) is 13.5. The number of methoxy groups -OCH3 is 1. The molecule has 1 N–H and O–H groups in total. The maximum Gasteiger partial charge on any atom is 0.407 e. The van der Waals surface area contributed by atoms with Gasteiger partial charge in [0.1, 0.15) is 0 Å². The zero-order valence-electron chi connectivity index (χ0n) is 11.9. The third-order valence-corrected chi connectivity index (χ3v) is 4.11. The quantitative estimate of drug-likeness (QED) is 0.865. The highest BCUT2D eigenvalue weighted by molar-refractivity contribution is 9.10. The number of benzene rings is 2. The Morgan fingerprint density at radius 2 is 1.81 bits per heavy atom. The maximum absolute atomic E-state index is 11.5. The van der Waals surface area contributed by atoms with E-state index < -0.39 is 6.09 Å². The van der Waals surface area contributed by atoms with Gasteiger partial charge in [-0.25, -0.2) is 4.79 Å². The summed E-state index contributed by atoms with van der Waals surface area (Å²) in [6.07, 6.45) is 1.27. The molecule has 2 aromatic carbocycles. The van der Waals surface area contributed by atoms with E-state index in [4.69, 9.17) is 4.74 Å². The number of alkyl carbamates (subject to hydrolysis) is 1. The molecule has 0 spiro atoms. The Morgan fingerprint density at radius 1 is 1.14 bits per heavy atom. The van der Waals surface area contributed by atoms with Gasteiger partial charge in [0.05, 0.1) is 13.2 Å². The minimum absolute atomic E-state index is 0.0641. The molecular weight excluding hydrogens is 330 g/mol. The van der Waals surface area contributed by atoms with Crippen LogP contribution < -0.4 is 5.32 Å². The predicted octanol–water partition coefficient (Wildman–Crippen LogP) is 4.48. The van der Waals surface area contributed by atoms with Gasteiger partial charge in [-0.15, -0.1) is 0 Å². The van der Waals surface area contributed by atoms with Gasteiger partial charge in [0.2, 0.25) is 0 Å². The van der Waals surface area contributed by atoms with Crippen LogP contribution in [0.2, 0.25) is 0 Å². The molecule has 0 saturated carbocycles. The summed E-state index contributed by atoms with van der Waals surface area (Å²) in [5.41, 5.74) is 2.31. The molecule has 1 amide bonds. The van der Waals surface area contributed by atoms with Crippen LogP contribution in [0.15, 0.2) is 59.1 Å². The summed E-state index contributed by atoms with van der Waals surface area (Å²) >= 11 is 3.56. The Morgan fingerprint density at radius 3 is 2.48 bits per heavy atom. The number of ether oxygens (including phenoxy) is 1. The lowest BCUT2D eigenvalue weighted by Crippen LogP contribution is -2.28. The molecule has 0 fully saturated rings. The molecule has 21 heavy (non-hydrogen) atoms. The number of amides is 1. The molecule has 0 saturated heterocycles. The van der Waals surface area contributed by atoms with Crippen LogP contribution in [-0.4, -0.2) is 13.2 Å². The number of carbonyl (C=O) groups is 1. The molecule has 0 aliphatic carbocycles. The molecule has 110 valence electrons. The van der Waals surface area contributed by atoms with Crippen molar-refractivity contribution in [3.8, 4) is 0 Å². The molecule has 0 aliphatic rings. The van der Waals surface area contributed by atoms with Crippen LogP contribution in [-0.2, 0) is 11.2 Å². The number of rotatable bonds is 5. The molecule has 0 radical (unpaired) electrons. The first-order chi connectivity index (χ1) is 10.2. The first-order valence-corrected chi connectivity index (χ1v) is 7.63. The normalized spacial score (nSPS) is 11.7. The highest BCUT2D eigenvalue weighted by Gasteiger charge is 2.15. The Bertz CT molecular complexity index is 586. The number of hydrogen-bond acceptors (Lipinski definition) is 2. The lowest BCUT2D eigenvalue weighted by Gasteiger charge is -2.18. The summed E-state index contributed by atoms with van der Waals surface area (Å²) in [5, 5.41) is 2.90. The molecule has 0 heterocycles. The third-order valence-electron chi connectivity index (χ3n) is 3.34. The van der Waals surface area contributed by atoms with E-state index in [0.29, 0.717) is 0 Å². The Kier molecular flexibility index (Phi) is 5.81. The van der Waals surface area contributed by atoms with E-state index in [9.17, 15) is 4.79 Å². The second-order valence-electron chi connectivity index (χ2n) is 4.73. The van der Waals surface area contributed by atoms with Crippen molar-refractivity contribution < 1.29 is 9.53 Å². The van der Waals surface area contributed by atoms with Crippen molar-refractivity contribution in [1.82, 2.24) is 5.32 Å². The van der Waals surface area contributed by atoms with Crippen LogP contribution in [0.5, 0.6) is 0 Å². The average molecular weight is 348 g/mol. The van der Waals surface area contributed by atoms with E-state index in [2.05, 4.69) is 27.3 Å². The van der Waals surface area contributed by atoms with E-state index in [1.807, 2.05) is 48.5 Å². The molecule has 0 aliphatic heterocycles. The van der Waals surface area contributed by atoms with Crippen LogP contribution >= 0.6 is 15.9 Å². The van der Waals surface area contributed by atoms with Gasteiger partial charge >= 0.3 is 6.09 Å². The van der Waals surface area contributed by atoms with Crippen LogP contribution in [0.3, 0.4) is 0 Å². The molecule has 2 aromatic rings. The van der Waals surface area contributed by atoms with Crippen LogP contribution in [0.4, 0.5) is 4.79 Å². The van der Waals surface area contributed by atoms with Gasteiger partial charge in [0.25, 0.3) is 0 Å². The van der Waals surface area contributed by atoms with Crippen molar-refractivity contribution in [1.29, 1.82) is 0 Å². The van der Waals surface area contributed by atoms with E-state index in [0.717, 1.165) is 22.9 Å². The van der Waals surface area contributed by atoms with Crippen molar-refractivity contribution in [2.24, 2.45) is 0 Å². The summed E-state index contributed by atoms with van der Waals surface area (Å²) in [4.78, 5) is 11.5. The minimum atomic E-state index is -0.406. The van der Waals surface area contributed by atoms with Gasteiger partial charge in [-0.3, -0.25) is 0 Å². The lowest BCUT2D eigenvalue weighted by molar-refractivity contribution is 0.166. The molecule has 0 unspecified atom stereocenters. The third kappa shape index (κ3) is 4.60. The topological polar surface area (TPSA) is 38.3 Å². The standard InChI is InChI=1S/C17H18BrNO2/c1-21-17(20)19-16(14-8-3-2-4-9-14)12-11-13-7-5-6-10-15(13)18/h2-10,16H,11-12H2,1H3,(H,19,20)/t16-/m1/s1. The molecular formula is C17H18BrNO2. The number of carbonyl (C=O) groups excluding carboxylic acids is 1. The van der Waals surface area contributed by atoms with Crippen LogP contribution in [0.25, 0.3) is 0 Å². The Labute approximate surface area is 133 Å². The summed E-state index contributed by atoms with van der Waals surface area (Å²) in [7, 11) is 1.38. The van der Waals surface area contributed by atoms with Gasteiger partial charge < -0.3 is 10.1 Å². The first-order valence-electron chi connectivity index (χ1n) is 6.83. The second kappa shape index (κ2) is 7.84. The fourth-order valence-electron chi connectivity index (χ4n) is 2.21. The van der Waals surface area contributed by atoms with Gasteiger partial charge in [-0.2, -0.15) is 0 Å². The smallest absolute Gasteiger partial charge is 0.407 e.